The number of anilines is 2. The van der Waals surface area contributed by atoms with Gasteiger partial charge in [-0.2, -0.15) is 0 Å². The zero-order chi connectivity index (χ0) is 24.6. The largest absolute Gasteiger partial charge is 0.344 e. The smallest absolute Gasteiger partial charge is 0.313 e. The summed E-state index contributed by atoms with van der Waals surface area (Å²) in [5.41, 5.74) is 3.00. The molecule has 3 N–H and O–H groups in total. The van der Waals surface area contributed by atoms with Crippen molar-refractivity contribution in [3.05, 3.63) is 89.7 Å². The molecule has 0 atom stereocenters. The Morgan fingerprint density at radius 1 is 0.857 bits per heavy atom. The number of amides is 4. The van der Waals surface area contributed by atoms with E-state index in [2.05, 4.69) is 20.9 Å². The summed E-state index contributed by atoms with van der Waals surface area (Å²) in [6, 6.07) is 19.1. The first kappa shape index (κ1) is 23.6. The zero-order valence-electron chi connectivity index (χ0n) is 19.0. The highest BCUT2D eigenvalue weighted by atomic mass is 16.2. The molecule has 3 aromatic rings. The molecule has 178 valence electrons. The molecular formula is C26H25N5O4. The number of hydrogen-bond acceptors (Lipinski definition) is 5. The summed E-state index contributed by atoms with van der Waals surface area (Å²) >= 11 is 0. The van der Waals surface area contributed by atoms with Crippen LogP contribution in [0, 0.1) is 0 Å². The molecule has 4 amide bonds. The number of aromatic nitrogens is 1. The van der Waals surface area contributed by atoms with Crippen LogP contribution in [0.5, 0.6) is 0 Å². The maximum Gasteiger partial charge on any atom is 0.313 e. The average molecular weight is 472 g/mol. The van der Waals surface area contributed by atoms with E-state index in [-0.39, 0.29) is 18.4 Å². The molecule has 2 heterocycles. The first-order valence-electron chi connectivity index (χ1n) is 11.2. The van der Waals surface area contributed by atoms with Crippen LogP contribution in [0.15, 0.2) is 72.9 Å². The topological polar surface area (TPSA) is 120 Å². The fourth-order valence-corrected chi connectivity index (χ4v) is 3.69. The highest BCUT2D eigenvalue weighted by Crippen LogP contribution is 2.16. The molecule has 0 spiro atoms. The number of rotatable bonds is 7. The molecular weight excluding hydrogens is 446 g/mol. The predicted molar refractivity (Wildman–Crippen MR) is 130 cm³/mol. The Balaban J connectivity index is 1.26. The van der Waals surface area contributed by atoms with Crippen LogP contribution in [-0.2, 0) is 27.5 Å². The third kappa shape index (κ3) is 6.50. The third-order valence-corrected chi connectivity index (χ3v) is 5.50. The maximum absolute atomic E-state index is 12.3. The van der Waals surface area contributed by atoms with Gasteiger partial charge < -0.3 is 20.9 Å². The van der Waals surface area contributed by atoms with Crippen LogP contribution in [0.2, 0.25) is 0 Å². The molecule has 9 nitrogen and oxygen atoms in total. The van der Waals surface area contributed by atoms with Crippen molar-refractivity contribution in [1.82, 2.24) is 15.2 Å². The van der Waals surface area contributed by atoms with Crippen LogP contribution in [0.25, 0.3) is 0 Å². The highest BCUT2D eigenvalue weighted by molar-refractivity contribution is 6.39. The molecule has 35 heavy (non-hydrogen) atoms. The third-order valence-electron chi connectivity index (χ3n) is 5.50. The van der Waals surface area contributed by atoms with E-state index < -0.39 is 11.8 Å². The van der Waals surface area contributed by atoms with Gasteiger partial charge in [0.2, 0.25) is 5.91 Å². The van der Waals surface area contributed by atoms with E-state index in [1.807, 2.05) is 12.1 Å². The normalized spacial score (nSPS) is 12.8. The molecule has 2 aromatic carbocycles. The average Bonchev–Trinajstić information content (AvgIpc) is 3.28. The molecule has 1 aromatic heterocycles. The van der Waals surface area contributed by atoms with E-state index in [0.717, 1.165) is 18.5 Å². The quantitative estimate of drug-likeness (QED) is 0.458. The van der Waals surface area contributed by atoms with Crippen LogP contribution in [-0.4, -0.2) is 40.1 Å². The standard InChI is InChI=1S/C26H25N5O4/c32-23-8-4-14-31(23)17-18-9-11-20(12-10-18)29-26(35)25(34)28-16-19-5-3-6-21(15-19)30-24(33)22-7-1-2-13-27-22/h1-3,5-7,9-13,15H,4,8,14,16-17H2,(H,28,34)(H,29,35)(H,30,33). The zero-order valence-corrected chi connectivity index (χ0v) is 19.0. The minimum absolute atomic E-state index is 0.113. The summed E-state index contributed by atoms with van der Waals surface area (Å²) in [4.78, 5) is 54.4. The monoisotopic (exact) mass is 471 g/mol. The Bertz CT molecular complexity index is 1230. The molecule has 9 heteroatoms. The molecule has 4 rings (SSSR count). The molecule has 0 unspecified atom stereocenters. The van der Waals surface area contributed by atoms with Gasteiger partial charge in [-0.25, -0.2) is 0 Å². The van der Waals surface area contributed by atoms with Crippen molar-refractivity contribution >= 4 is 35.0 Å². The Morgan fingerprint density at radius 3 is 2.40 bits per heavy atom. The van der Waals surface area contributed by atoms with Crippen LogP contribution in [0.1, 0.15) is 34.5 Å². The van der Waals surface area contributed by atoms with Gasteiger partial charge in [0.05, 0.1) is 0 Å². The summed E-state index contributed by atoms with van der Waals surface area (Å²) in [6.07, 6.45) is 3.01. The van der Waals surface area contributed by atoms with Crippen molar-refractivity contribution in [3.63, 3.8) is 0 Å². The van der Waals surface area contributed by atoms with Crippen molar-refractivity contribution in [2.24, 2.45) is 0 Å². The second kappa shape index (κ2) is 11.1. The number of hydrogen-bond donors (Lipinski definition) is 3. The molecule has 1 aliphatic rings. The van der Waals surface area contributed by atoms with Gasteiger partial charge in [0, 0.05) is 43.6 Å². The van der Waals surface area contributed by atoms with E-state index in [1.165, 1.54) is 6.20 Å². The van der Waals surface area contributed by atoms with E-state index in [4.69, 9.17) is 0 Å². The van der Waals surface area contributed by atoms with Crippen molar-refractivity contribution < 1.29 is 19.2 Å². The Morgan fingerprint density at radius 2 is 1.69 bits per heavy atom. The Labute approximate surface area is 202 Å². The molecule has 0 radical (unpaired) electrons. The number of benzene rings is 2. The number of carbonyl (C=O) groups is 4. The number of carbonyl (C=O) groups excluding carboxylic acids is 4. The lowest BCUT2D eigenvalue weighted by atomic mass is 10.2. The van der Waals surface area contributed by atoms with E-state index in [1.54, 1.807) is 59.5 Å². The number of likely N-dealkylation sites (tertiary alicyclic amines) is 1. The first-order valence-corrected chi connectivity index (χ1v) is 11.2. The molecule has 0 bridgehead atoms. The lowest BCUT2D eigenvalue weighted by molar-refractivity contribution is -0.136. The summed E-state index contributed by atoms with van der Waals surface area (Å²) in [7, 11) is 0. The first-order chi connectivity index (χ1) is 17.0. The van der Waals surface area contributed by atoms with Gasteiger partial charge >= 0.3 is 11.8 Å². The molecule has 1 aliphatic heterocycles. The lowest BCUT2D eigenvalue weighted by Gasteiger charge is -2.15. The van der Waals surface area contributed by atoms with Crippen LogP contribution >= 0.6 is 0 Å². The van der Waals surface area contributed by atoms with Gasteiger partial charge in [-0.3, -0.25) is 24.2 Å². The fraction of sp³-hybridized carbons (Fsp3) is 0.192. The van der Waals surface area contributed by atoms with E-state index in [9.17, 15) is 19.2 Å². The van der Waals surface area contributed by atoms with Gasteiger partial charge in [0.1, 0.15) is 5.69 Å². The minimum atomic E-state index is -0.785. The summed E-state index contributed by atoms with van der Waals surface area (Å²) in [5.74, 6) is -1.75. The van der Waals surface area contributed by atoms with Crippen molar-refractivity contribution in [2.75, 3.05) is 17.2 Å². The molecule has 0 aliphatic carbocycles. The summed E-state index contributed by atoms with van der Waals surface area (Å²) < 4.78 is 0. The fourth-order valence-electron chi connectivity index (χ4n) is 3.69. The van der Waals surface area contributed by atoms with Gasteiger partial charge in [0.25, 0.3) is 5.91 Å². The minimum Gasteiger partial charge on any atom is -0.344 e. The van der Waals surface area contributed by atoms with Gasteiger partial charge in [0.15, 0.2) is 0 Å². The second-order valence-electron chi connectivity index (χ2n) is 8.12. The number of nitrogens with zero attached hydrogens (tertiary/aromatic N) is 2. The lowest BCUT2D eigenvalue weighted by Crippen LogP contribution is -2.35. The Hall–Kier alpha value is -4.53. The van der Waals surface area contributed by atoms with Crippen molar-refractivity contribution in [3.8, 4) is 0 Å². The number of nitrogens with one attached hydrogen (secondary N) is 3. The van der Waals surface area contributed by atoms with Gasteiger partial charge in [-0.1, -0.05) is 30.3 Å². The molecule has 1 fully saturated rings. The van der Waals surface area contributed by atoms with Crippen molar-refractivity contribution in [2.45, 2.75) is 25.9 Å². The van der Waals surface area contributed by atoms with Crippen LogP contribution in [0.4, 0.5) is 11.4 Å². The maximum atomic E-state index is 12.3. The predicted octanol–water partition coefficient (Wildman–Crippen LogP) is 2.71. The van der Waals surface area contributed by atoms with Crippen LogP contribution < -0.4 is 16.0 Å². The van der Waals surface area contributed by atoms with Gasteiger partial charge in [-0.15, -0.1) is 0 Å². The summed E-state index contributed by atoms with van der Waals surface area (Å²) in [5, 5.41) is 7.90. The molecule has 0 saturated carbocycles. The number of pyridine rings is 1. The summed E-state index contributed by atoms with van der Waals surface area (Å²) in [6.45, 7) is 1.41. The van der Waals surface area contributed by atoms with E-state index in [0.29, 0.717) is 35.6 Å². The second-order valence-corrected chi connectivity index (χ2v) is 8.12. The SMILES string of the molecule is O=C(NCc1cccc(NC(=O)c2ccccn2)c1)C(=O)Nc1ccc(CN2CCCC2=O)cc1. The molecule has 1 saturated heterocycles. The van der Waals surface area contributed by atoms with Gasteiger partial charge in [-0.05, 0) is 53.9 Å². The Kier molecular flexibility index (Phi) is 7.47. The van der Waals surface area contributed by atoms with Crippen LogP contribution in [0.3, 0.4) is 0 Å². The highest BCUT2D eigenvalue weighted by Gasteiger charge is 2.20. The van der Waals surface area contributed by atoms with Crippen molar-refractivity contribution in [1.29, 1.82) is 0 Å². The van der Waals surface area contributed by atoms with E-state index >= 15 is 0 Å².